The van der Waals surface area contributed by atoms with Gasteiger partial charge in [0.15, 0.2) is 0 Å². The summed E-state index contributed by atoms with van der Waals surface area (Å²) in [5.41, 5.74) is 1.26. The molecule has 0 aromatic carbocycles. The molecule has 104 valence electrons. The average Bonchev–Trinajstić information content (AvgIpc) is 2.80. The van der Waals surface area contributed by atoms with Gasteiger partial charge >= 0.3 is 0 Å². The number of imidazole rings is 1. The molecular formula is C13H26N4O. The van der Waals surface area contributed by atoms with Crippen LogP contribution >= 0.6 is 0 Å². The van der Waals surface area contributed by atoms with E-state index >= 15 is 0 Å². The van der Waals surface area contributed by atoms with Crippen molar-refractivity contribution in [2.45, 2.75) is 26.4 Å². The molecule has 0 atom stereocenters. The molecule has 0 aliphatic heterocycles. The van der Waals surface area contributed by atoms with E-state index in [-0.39, 0.29) is 0 Å². The summed E-state index contributed by atoms with van der Waals surface area (Å²) < 4.78 is 7.26. The predicted octanol–water partition coefficient (Wildman–Crippen LogP) is 0.961. The summed E-state index contributed by atoms with van der Waals surface area (Å²) in [5.74, 6) is 0. The zero-order valence-electron chi connectivity index (χ0n) is 11.9. The Balaban J connectivity index is 2.15. The Morgan fingerprint density at radius 2 is 2.28 bits per heavy atom. The first-order valence-electron chi connectivity index (χ1n) is 6.65. The number of hydrogen-bond donors (Lipinski definition) is 1. The van der Waals surface area contributed by atoms with Gasteiger partial charge < -0.3 is 19.5 Å². The summed E-state index contributed by atoms with van der Waals surface area (Å²) in [6.07, 6.45) is 4.99. The highest BCUT2D eigenvalue weighted by Crippen LogP contribution is 2.00. The molecule has 1 rings (SSSR count). The summed E-state index contributed by atoms with van der Waals surface area (Å²) in [6.45, 7) is 7.90. The van der Waals surface area contributed by atoms with Gasteiger partial charge in [-0.1, -0.05) is 6.92 Å². The molecule has 0 aliphatic carbocycles. The highest BCUT2D eigenvalue weighted by Gasteiger charge is 2.01. The molecular weight excluding hydrogens is 228 g/mol. The lowest BCUT2D eigenvalue weighted by atomic mass is 10.4. The van der Waals surface area contributed by atoms with E-state index in [2.05, 4.69) is 33.7 Å². The molecule has 1 aromatic rings. The van der Waals surface area contributed by atoms with Crippen LogP contribution in [0.15, 0.2) is 12.5 Å². The Labute approximate surface area is 110 Å². The number of hydrogen-bond acceptors (Lipinski definition) is 4. The van der Waals surface area contributed by atoms with Crippen LogP contribution in [0.4, 0.5) is 0 Å². The van der Waals surface area contributed by atoms with Crippen LogP contribution in [0.25, 0.3) is 0 Å². The number of rotatable bonds is 10. The zero-order valence-corrected chi connectivity index (χ0v) is 11.9. The molecule has 5 nitrogen and oxygen atoms in total. The van der Waals surface area contributed by atoms with E-state index in [0.29, 0.717) is 0 Å². The van der Waals surface area contributed by atoms with Gasteiger partial charge in [-0.3, -0.25) is 0 Å². The van der Waals surface area contributed by atoms with Crippen LogP contribution < -0.4 is 5.32 Å². The van der Waals surface area contributed by atoms with Crippen molar-refractivity contribution in [3.63, 3.8) is 0 Å². The molecule has 0 aliphatic rings. The average molecular weight is 254 g/mol. The summed E-state index contributed by atoms with van der Waals surface area (Å²) in [4.78, 5) is 6.45. The molecule has 1 aromatic heterocycles. The van der Waals surface area contributed by atoms with Crippen molar-refractivity contribution in [1.29, 1.82) is 0 Å². The predicted molar refractivity (Wildman–Crippen MR) is 73.6 cm³/mol. The highest BCUT2D eigenvalue weighted by molar-refractivity contribution is 4.97. The Kier molecular flexibility index (Phi) is 7.64. The summed E-state index contributed by atoms with van der Waals surface area (Å²) in [7, 11) is 3.85. The molecule has 1 N–H and O–H groups in total. The quantitative estimate of drug-likeness (QED) is 0.632. The number of ether oxygens (including phenoxy) is 1. The Bertz CT molecular complexity index is 314. The normalized spacial score (nSPS) is 11.3. The minimum atomic E-state index is 0.791. The molecule has 0 radical (unpaired) electrons. The largest absolute Gasteiger partial charge is 0.383 e. The number of methoxy groups -OCH3 is 1. The second-order valence-electron chi connectivity index (χ2n) is 4.55. The van der Waals surface area contributed by atoms with Gasteiger partial charge in [-0.15, -0.1) is 0 Å². The van der Waals surface area contributed by atoms with Crippen molar-refractivity contribution in [3.05, 3.63) is 18.2 Å². The molecule has 0 spiro atoms. The van der Waals surface area contributed by atoms with Gasteiger partial charge in [-0.25, -0.2) is 4.98 Å². The molecule has 0 bridgehead atoms. The van der Waals surface area contributed by atoms with Crippen LogP contribution in [0.2, 0.25) is 0 Å². The first kappa shape index (κ1) is 15.1. The maximum atomic E-state index is 5.05. The lowest BCUT2D eigenvalue weighted by Crippen LogP contribution is -2.31. The van der Waals surface area contributed by atoms with Crippen LogP contribution in [0.5, 0.6) is 0 Å². The van der Waals surface area contributed by atoms with E-state index < -0.39 is 0 Å². The monoisotopic (exact) mass is 254 g/mol. The number of aryl methyl sites for hydroxylation is 1. The van der Waals surface area contributed by atoms with Crippen molar-refractivity contribution in [3.8, 4) is 0 Å². The third-order valence-corrected chi connectivity index (χ3v) is 2.92. The summed E-state index contributed by atoms with van der Waals surface area (Å²) in [5, 5.41) is 3.45. The van der Waals surface area contributed by atoms with E-state index in [0.717, 1.165) is 45.8 Å². The van der Waals surface area contributed by atoms with E-state index in [1.165, 1.54) is 5.69 Å². The van der Waals surface area contributed by atoms with E-state index in [1.807, 2.05) is 12.5 Å². The Morgan fingerprint density at radius 3 is 3.00 bits per heavy atom. The molecule has 0 amide bonds. The van der Waals surface area contributed by atoms with Gasteiger partial charge in [-0.05, 0) is 13.5 Å². The van der Waals surface area contributed by atoms with Gasteiger partial charge in [0.25, 0.3) is 0 Å². The van der Waals surface area contributed by atoms with Crippen LogP contribution in [0, 0.1) is 0 Å². The minimum Gasteiger partial charge on any atom is -0.383 e. The second kappa shape index (κ2) is 9.08. The maximum Gasteiger partial charge on any atom is 0.0948 e. The number of nitrogens with one attached hydrogen (secondary N) is 1. The van der Waals surface area contributed by atoms with Gasteiger partial charge in [-0.2, -0.15) is 0 Å². The molecule has 0 unspecified atom stereocenters. The Hall–Kier alpha value is -0.910. The van der Waals surface area contributed by atoms with Crippen molar-refractivity contribution < 1.29 is 4.74 Å². The van der Waals surface area contributed by atoms with Crippen LogP contribution in [-0.2, 0) is 17.8 Å². The molecule has 0 saturated carbocycles. The standard InChI is InChI=1S/C13H26N4O/c1-4-6-17-12-15-11-13(17)10-14-5-7-16(2)8-9-18-3/h11-12,14H,4-10H2,1-3H3. The molecule has 18 heavy (non-hydrogen) atoms. The lowest BCUT2D eigenvalue weighted by Gasteiger charge is -2.16. The van der Waals surface area contributed by atoms with Crippen molar-refractivity contribution >= 4 is 0 Å². The van der Waals surface area contributed by atoms with Gasteiger partial charge in [0.2, 0.25) is 0 Å². The molecule has 0 saturated heterocycles. The van der Waals surface area contributed by atoms with Crippen molar-refractivity contribution in [2.75, 3.05) is 40.4 Å². The van der Waals surface area contributed by atoms with Gasteiger partial charge in [0.05, 0.1) is 18.6 Å². The van der Waals surface area contributed by atoms with Gasteiger partial charge in [0.1, 0.15) is 0 Å². The lowest BCUT2D eigenvalue weighted by molar-refractivity contribution is 0.161. The maximum absolute atomic E-state index is 5.05. The van der Waals surface area contributed by atoms with Crippen LogP contribution in [-0.4, -0.2) is 54.8 Å². The van der Waals surface area contributed by atoms with E-state index in [9.17, 15) is 0 Å². The van der Waals surface area contributed by atoms with Crippen molar-refractivity contribution in [1.82, 2.24) is 19.8 Å². The zero-order chi connectivity index (χ0) is 13.2. The fourth-order valence-electron chi connectivity index (χ4n) is 1.78. The van der Waals surface area contributed by atoms with E-state index in [4.69, 9.17) is 4.74 Å². The van der Waals surface area contributed by atoms with Crippen molar-refractivity contribution in [2.24, 2.45) is 0 Å². The fraction of sp³-hybridized carbons (Fsp3) is 0.769. The summed E-state index contributed by atoms with van der Waals surface area (Å²) in [6, 6.07) is 0. The number of aromatic nitrogens is 2. The van der Waals surface area contributed by atoms with Crippen LogP contribution in [0.3, 0.4) is 0 Å². The second-order valence-corrected chi connectivity index (χ2v) is 4.55. The molecule has 1 heterocycles. The Morgan fingerprint density at radius 1 is 1.44 bits per heavy atom. The van der Waals surface area contributed by atoms with E-state index in [1.54, 1.807) is 7.11 Å². The fourth-order valence-corrected chi connectivity index (χ4v) is 1.78. The first-order chi connectivity index (χ1) is 8.77. The van der Waals surface area contributed by atoms with Crippen LogP contribution in [0.1, 0.15) is 19.0 Å². The SMILES string of the molecule is CCCn1cncc1CNCCN(C)CCOC. The molecule has 5 heteroatoms. The molecule has 0 fully saturated rings. The minimum absolute atomic E-state index is 0.791. The topological polar surface area (TPSA) is 42.3 Å². The summed E-state index contributed by atoms with van der Waals surface area (Å²) >= 11 is 0. The third kappa shape index (κ3) is 5.62. The number of likely N-dealkylation sites (N-methyl/N-ethyl adjacent to an activating group) is 1. The van der Waals surface area contributed by atoms with Gasteiger partial charge in [0, 0.05) is 46.0 Å². The third-order valence-electron chi connectivity index (χ3n) is 2.92. The number of nitrogens with zero attached hydrogens (tertiary/aromatic N) is 3. The smallest absolute Gasteiger partial charge is 0.0948 e. The highest BCUT2D eigenvalue weighted by atomic mass is 16.5. The first-order valence-corrected chi connectivity index (χ1v) is 6.65.